The molecule has 0 N–H and O–H groups in total. The van der Waals surface area contributed by atoms with Gasteiger partial charge in [-0.05, 0) is 34.5 Å². The van der Waals surface area contributed by atoms with Crippen LogP contribution in [-0.4, -0.2) is 17.6 Å². The van der Waals surface area contributed by atoms with Crippen molar-refractivity contribution in [2.24, 2.45) is 0 Å². The minimum atomic E-state index is -0.366. The van der Waals surface area contributed by atoms with Crippen LogP contribution in [-0.2, 0) is 4.74 Å². The molecule has 0 amide bonds. The molecule has 0 unspecified atom stereocenters. The Hall–Kier alpha value is -0.900. The highest BCUT2D eigenvalue weighted by atomic mass is 79.9. The summed E-state index contributed by atoms with van der Waals surface area (Å²) >= 11 is 3.23. The van der Waals surface area contributed by atoms with Gasteiger partial charge in [0.15, 0.2) is 0 Å². The Morgan fingerprint density at radius 3 is 2.92 bits per heavy atom. The smallest absolute Gasteiger partial charge is 0.356 e. The van der Waals surface area contributed by atoms with Gasteiger partial charge in [-0.25, -0.2) is 9.78 Å². The summed E-state index contributed by atoms with van der Waals surface area (Å²) in [5, 5.41) is 0. The Balaban J connectivity index is 2.61. The average molecular weight is 244 g/mol. The monoisotopic (exact) mass is 243 g/mol. The summed E-state index contributed by atoms with van der Waals surface area (Å²) in [4.78, 5) is 15.1. The largest absolute Gasteiger partial charge is 0.461 e. The van der Waals surface area contributed by atoms with Gasteiger partial charge in [-0.15, -0.1) is 0 Å². The normalized spacial score (nSPS) is 9.69. The van der Waals surface area contributed by atoms with Crippen molar-refractivity contribution in [2.45, 2.75) is 13.3 Å². The first-order valence-electron chi connectivity index (χ1n) is 4.02. The number of pyridine rings is 1. The molecule has 1 heterocycles. The fourth-order valence-corrected chi connectivity index (χ4v) is 1.000. The Kier molecular flexibility index (Phi) is 3.89. The van der Waals surface area contributed by atoms with E-state index in [1.807, 2.05) is 6.92 Å². The molecule has 0 aromatic carbocycles. The molecule has 1 aromatic rings. The lowest BCUT2D eigenvalue weighted by Crippen LogP contribution is -2.07. The topological polar surface area (TPSA) is 39.2 Å². The predicted octanol–water partition coefficient (Wildman–Crippen LogP) is 2.41. The van der Waals surface area contributed by atoms with E-state index in [2.05, 4.69) is 20.9 Å². The van der Waals surface area contributed by atoms with Gasteiger partial charge in [-0.3, -0.25) is 0 Å². The van der Waals surface area contributed by atoms with Crippen molar-refractivity contribution < 1.29 is 9.53 Å². The van der Waals surface area contributed by atoms with Crippen molar-refractivity contribution in [3.8, 4) is 0 Å². The van der Waals surface area contributed by atoms with Crippen LogP contribution in [0.5, 0.6) is 0 Å². The van der Waals surface area contributed by atoms with Crippen LogP contribution in [0.1, 0.15) is 23.8 Å². The standard InChI is InChI=1S/C9H10BrNO2/c1-2-5-13-9(12)8-4-3-7(10)6-11-8/h3-4,6H,2,5H2,1H3. The van der Waals surface area contributed by atoms with Crippen LogP contribution in [0.25, 0.3) is 0 Å². The molecule has 0 saturated carbocycles. The molecule has 0 spiro atoms. The summed E-state index contributed by atoms with van der Waals surface area (Å²) in [5.41, 5.74) is 0.344. The van der Waals surface area contributed by atoms with Crippen LogP contribution in [0.3, 0.4) is 0 Å². The minimum Gasteiger partial charge on any atom is -0.461 e. The maximum absolute atomic E-state index is 11.2. The number of aromatic nitrogens is 1. The molecule has 13 heavy (non-hydrogen) atoms. The van der Waals surface area contributed by atoms with Crippen LogP contribution in [0.2, 0.25) is 0 Å². The Bertz CT molecular complexity index is 284. The summed E-state index contributed by atoms with van der Waals surface area (Å²) in [6.07, 6.45) is 2.39. The first kappa shape index (κ1) is 10.2. The van der Waals surface area contributed by atoms with E-state index in [1.54, 1.807) is 18.3 Å². The molecule has 0 aliphatic rings. The van der Waals surface area contributed by atoms with E-state index in [4.69, 9.17) is 4.74 Å². The molecule has 4 heteroatoms. The van der Waals surface area contributed by atoms with Gasteiger partial charge in [-0.2, -0.15) is 0 Å². The van der Waals surface area contributed by atoms with Gasteiger partial charge in [0.1, 0.15) is 5.69 Å². The van der Waals surface area contributed by atoms with Gasteiger partial charge in [0.25, 0.3) is 0 Å². The minimum absolute atomic E-state index is 0.344. The molecule has 0 aliphatic heterocycles. The zero-order valence-electron chi connectivity index (χ0n) is 7.29. The lowest BCUT2D eigenvalue weighted by molar-refractivity contribution is 0.0498. The van der Waals surface area contributed by atoms with Crippen molar-refractivity contribution in [1.82, 2.24) is 4.98 Å². The molecule has 70 valence electrons. The molecule has 0 aliphatic carbocycles. The summed E-state index contributed by atoms with van der Waals surface area (Å²) in [6, 6.07) is 3.39. The van der Waals surface area contributed by atoms with Crippen molar-refractivity contribution in [3.63, 3.8) is 0 Å². The number of carbonyl (C=O) groups is 1. The summed E-state index contributed by atoms with van der Waals surface area (Å²) < 4.78 is 5.75. The highest BCUT2D eigenvalue weighted by Crippen LogP contribution is 2.08. The molecule has 0 bridgehead atoms. The van der Waals surface area contributed by atoms with Gasteiger partial charge >= 0.3 is 5.97 Å². The lowest BCUT2D eigenvalue weighted by atomic mass is 10.3. The zero-order valence-corrected chi connectivity index (χ0v) is 8.87. The highest BCUT2D eigenvalue weighted by Gasteiger charge is 2.06. The number of ether oxygens (including phenoxy) is 1. The van der Waals surface area contributed by atoms with E-state index in [9.17, 15) is 4.79 Å². The van der Waals surface area contributed by atoms with E-state index in [0.29, 0.717) is 12.3 Å². The predicted molar refractivity (Wildman–Crippen MR) is 52.5 cm³/mol. The van der Waals surface area contributed by atoms with Crippen LogP contribution in [0.4, 0.5) is 0 Å². The quantitative estimate of drug-likeness (QED) is 0.766. The van der Waals surface area contributed by atoms with E-state index in [1.165, 1.54) is 0 Å². The van der Waals surface area contributed by atoms with Crippen LogP contribution < -0.4 is 0 Å². The molecule has 0 saturated heterocycles. The second kappa shape index (κ2) is 4.97. The third kappa shape index (κ3) is 3.14. The third-order valence-corrected chi connectivity index (χ3v) is 1.84. The third-order valence-electron chi connectivity index (χ3n) is 1.37. The molecular formula is C9H10BrNO2. The second-order valence-electron chi connectivity index (χ2n) is 2.50. The fraction of sp³-hybridized carbons (Fsp3) is 0.333. The first-order valence-corrected chi connectivity index (χ1v) is 4.82. The maximum atomic E-state index is 11.2. The Morgan fingerprint density at radius 1 is 1.62 bits per heavy atom. The van der Waals surface area contributed by atoms with Crippen molar-refractivity contribution >= 4 is 21.9 Å². The maximum Gasteiger partial charge on any atom is 0.356 e. The number of esters is 1. The van der Waals surface area contributed by atoms with Crippen molar-refractivity contribution in [1.29, 1.82) is 0 Å². The molecule has 1 aromatic heterocycles. The lowest BCUT2D eigenvalue weighted by Gasteiger charge is -2.01. The van der Waals surface area contributed by atoms with Crippen LogP contribution in [0, 0.1) is 0 Å². The fourth-order valence-electron chi connectivity index (χ4n) is 0.765. The summed E-state index contributed by atoms with van der Waals surface area (Å²) in [5.74, 6) is -0.366. The Morgan fingerprint density at radius 2 is 2.38 bits per heavy atom. The van der Waals surface area contributed by atoms with Gasteiger partial charge in [0, 0.05) is 10.7 Å². The Labute approximate surface area is 85.3 Å². The van der Waals surface area contributed by atoms with E-state index >= 15 is 0 Å². The first-order chi connectivity index (χ1) is 6.24. The molecule has 1 rings (SSSR count). The molecular weight excluding hydrogens is 234 g/mol. The van der Waals surface area contributed by atoms with Gasteiger partial charge in [0.2, 0.25) is 0 Å². The average Bonchev–Trinajstić information content (AvgIpc) is 2.15. The molecule has 0 atom stereocenters. The van der Waals surface area contributed by atoms with Crippen LogP contribution in [0.15, 0.2) is 22.8 Å². The van der Waals surface area contributed by atoms with Gasteiger partial charge < -0.3 is 4.74 Å². The number of carbonyl (C=O) groups excluding carboxylic acids is 1. The summed E-state index contributed by atoms with van der Waals surface area (Å²) in [6.45, 7) is 2.39. The summed E-state index contributed by atoms with van der Waals surface area (Å²) in [7, 11) is 0. The number of halogens is 1. The molecule has 3 nitrogen and oxygen atoms in total. The molecule has 0 radical (unpaired) electrons. The second-order valence-corrected chi connectivity index (χ2v) is 3.41. The number of rotatable bonds is 3. The SMILES string of the molecule is CCCOC(=O)c1ccc(Br)cn1. The number of hydrogen-bond donors (Lipinski definition) is 0. The van der Waals surface area contributed by atoms with Gasteiger partial charge in [-0.1, -0.05) is 6.92 Å². The van der Waals surface area contributed by atoms with Gasteiger partial charge in [0.05, 0.1) is 6.61 Å². The van der Waals surface area contributed by atoms with Crippen molar-refractivity contribution in [2.75, 3.05) is 6.61 Å². The number of hydrogen-bond acceptors (Lipinski definition) is 3. The van der Waals surface area contributed by atoms with Crippen LogP contribution >= 0.6 is 15.9 Å². The van der Waals surface area contributed by atoms with Crippen molar-refractivity contribution in [3.05, 3.63) is 28.5 Å². The van der Waals surface area contributed by atoms with E-state index in [-0.39, 0.29) is 5.97 Å². The molecule has 0 fully saturated rings. The highest BCUT2D eigenvalue weighted by molar-refractivity contribution is 9.10. The number of nitrogens with zero attached hydrogens (tertiary/aromatic N) is 1. The van der Waals surface area contributed by atoms with E-state index in [0.717, 1.165) is 10.9 Å². The zero-order chi connectivity index (χ0) is 9.68. The van der Waals surface area contributed by atoms with E-state index < -0.39 is 0 Å².